The Balaban J connectivity index is 1.80. The smallest absolute Gasteiger partial charge is 0.336 e. The summed E-state index contributed by atoms with van der Waals surface area (Å²) in [5.41, 5.74) is 3.07. The highest BCUT2D eigenvalue weighted by Crippen LogP contribution is 2.29. The predicted molar refractivity (Wildman–Crippen MR) is 110 cm³/mol. The molecule has 1 aromatic carbocycles. The number of carbonyl (C=O) groups excluding carboxylic acids is 1. The Morgan fingerprint density at radius 3 is 2.64 bits per heavy atom. The van der Waals surface area contributed by atoms with E-state index in [0.717, 1.165) is 0 Å². The summed E-state index contributed by atoms with van der Waals surface area (Å²) in [6.07, 6.45) is 4.85. The van der Waals surface area contributed by atoms with Crippen LogP contribution < -0.4 is 5.32 Å². The number of pyridine rings is 1. The summed E-state index contributed by atoms with van der Waals surface area (Å²) in [7, 11) is 0. The zero-order chi connectivity index (χ0) is 19.5. The van der Waals surface area contributed by atoms with Crippen molar-refractivity contribution in [2.24, 2.45) is 0 Å². The minimum absolute atomic E-state index is 0.153. The molecule has 3 heterocycles. The van der Waals surface area contributed by atoms with Gasteiger partial charge in [-0.1, -0.05) is 30.3 Å². The number of carboxylic acids is 1. The van der Waals surface area contributed by atoms with Crippen molar-refractivity contribution < 1.29 is 14.7 Å². The highest BCUT2D eigenvalue weighted by atomic mass is 32.1. The Kier molecular flexibility index (Phi) is 4.74. The van der Waals surface area contributed by atoms with Crippen molar-refractivity contribution in [1.82, 2.24) is 9.97 Å². The summed E-state index contributed by atoms with van der Waals surface area (Å²) >= 11 is 1.44. The number of nitrogens with one attached hydrogen (secondary N) is 2. The van der Waals surface area contributed by atoms with Gasteiger partial charge in [0, 0.05) is 28.7 Å². The molecule has 0 saturated heterocycles. The van der Waals surface area contributed by atoms with Gasteiger partial charge in [-0.3, -0.25) is 4.79 Å². The van der Waals surface area contributed by atoms with Crippen molar-refractivity contribution in [1.29, 1.82) is 0 Å². The number of rotatable bonds is 5. The Bertz CT molecular complexity index is 1180. The number of hydrogen-bond donors (Lipinski definition) is 3. The maximum absolute atomic E-state index is 12.5. The van der Waals surface area contributed by atoms with Crippen molar-refractivity contribution in [3.63, 3.8) is 0 Å². The van der Waals surface area contributed by atoms with Gasteiger partial charge in [0.15, 0.2) is 0 Å². The van der Waals surface area contributed by atoms with E-state index < -0.39 is 5.97 Å². The molecule has 0 saturated carbocycles. The zero-order valence-corrected chi connectivity index (χ0v) is 15.4. The monoisotopic (exact) mass is 389 g/mol. The second-order valence-corrected chi connectivity index (χ2v) is 6.80. The van der Waals surface area contributed by atoms with Crippen molar-refractivity contribution in [3.05, 3.63) is 82.3 Å². The van der Waals surface area contributed by atoms with Gasteiger partial charge in [-0.25, -0.2) is 9.78 Å². The van der Waals surface area contributed by atoms with E-state index in [1.165, 1.54) is 11.3 Å². The molecule has 0 radical (unpaired) electrons. The van der Waals surface area contributed by atoms with E-state index in [1.807, 2.05) is 11.4 Å². The average molecular weight is 389 g/mol. The Morgan fingerprint density at radius 2 is 1.93 bits per heavy atom. The number of aromatic nitrogens is 2. The summed E-state index contributed by atoms with van der Waals surface area (Å²) in [6.45, 7) is 0. The molecule has 0 fully saturated rings. The number of carboxylic acid groups (broad SMARTS) is 1. The predicted octanol–water partition coefficient (Wildman–Crippen LogP) is 4.50. The van der Waals surface area contributed by atoms with E-state index in [2.05, 4.69) is 15.3 Å². The number of nitrogens with zero attached hydrogens (tertiary/aromatic N) is 1. The molecule has 0 spiro atoms. The molecule has 4 aromatic rings. The molecule has 6 nitrogen and oxygen atoms in total. The summed E-state index contributed by atoms with van der Waals surface area (Å²) in [4.78, 5) is 31.6. The summed E-state index contributed by atoms with van der Waals surface area (Å²) in [5, 5.41) is 16.8. The lowest BCUT2D eigenvalue weighted by Gasteiger charge is -2.07. The fraction of sp³-hybridized carbons (Fsp3) is 0. The quantitative estimate of drug-likeness (QED) is 0.438. The van der Waals surface area contributed by atoms with Gasteiger partial charge in [0.2, 0.25) is 0 Å². The first-order valence-electron chi connectivity index (χ1n) is 8.43. The number of aliphatic carboxylic acids is 1. The highest BCUT2D eigenvalue weighted by molar-refractivity contribution is 7.08. The van der Waals surface area contributed by atoms with Gasteiger partial charge in [-0.2, -0.15) is 11.3 Å². The second-order valence-electron chi connectivity index (χ2n) is 6.02. The molecule has 3 aromatic heterocycles. The maximum atomic E-state index is 12.5. The molecule has 0 unspecified atom stereocenters. The van der Waals surface area contributed by atoms with Crippen LogP contribution >= 0.6 is 11.3 Å². The molecule has 28 heavy (non-hydrogen) atoms. The van der Waals surface area contributed by atoms with E-state index in [-0.39, 0.29) is 11.5 Å². The van der Waals surface area contributed by atoms with Crippen LogP contribution in [0.25, 0.3) is 22.7 Å². The maximum Gasteiger partial charge on any atom is 0.336 e. The van der Waals surface area contributed by atoms with Gasteiger partial charge in [0.25, 0.3) is 5.91 Å². The summed E-state index contributed by atoms with van der Waals surface area (Å²) in [6, 6.07) is 12.3. The van der Waals surface area contributed by atoms with E-state index in [1.54, 1.807) is 60.2 Å². The third-order valence-corrected chi connectivity index (χ3v) is 4.93. The first kappa shape index (κ1) is 17.7. The summed E-state index contributed by atoms with van der Waals surface area (Å²) in [5.74, 6) is -1.26. The van der Waals surface area contributed by atoms with E-state index in [0.29, 0.717) is 33.4 Å². The standard InChI is InChI=1S/C21H15N3O3S/c25-20(14-7-9-28-12-14)24-17-6-8-22-19-18(17)15(11-23-19)10-16(21(26)27)13-4-2-1-3-5-13/h1-12H,(H,26,27)(H2,22,23,24,25). The topological polar surface area (TPSA) is 95.1 Å². The number of H-pyrrole nitrogens is 1. The van der Waals surface area contributed by atoms with E-state index in [9.17, 15) is 14.7 Å². The third-order valence-electron chi connectivity index (χ3n) is 4.25. The minimum atomic E-state index is -1.03. The lowest BCUT2D eigenvalue weighted by atomic mass is 10.0. The number of benzene rings is 1. The number of carbonyl (C=O) groups is 2. The molecule has 0 atom stereocenters. The summed E-state index contributed by atoms with van der Waals surface area (Å²) < 4.78 is 0. The molecule has 7 heteroatoms. The Morgan fingerprint density at radius 1 is 1.11 bits per heavy atom. The van der Waals surface area contributed by atoms with E-state index >= 15 is 0 Å². The van der Waals surface area contributed by atoms with Gasteiger partial charge in [0.1, 0.15) is 5.65 Å². The Hall–Kier alpha value is -3.71. The third kappa shape index (κ3) is 3.43. The molecule has 0 aliphatic heterocycles. The van der Waals surface area contributed by atoms with E-state index in [4.69, 9.17) is 0 Å². The molecule has 4 rings (SSSR count). The minimum Gasteiger partial charge on any atom is -0.478 e. The van der Waals surface area contributed by atoms with Gasteiger partial charge in [0.05, 0.1) is 16.8 Å². The van der Waals surface area contributed by atoms with Crippen molar-refractivity contribution in [3.8, 4) is 0 Å². The van der Waals surface area contributed by atoms with Crippen LogP contribution in [0, 0.1) is 0 Å². The molecule has 0 bridgehead atoms. The van der Waals surface area contributed by atoms with Crippen molar-refractivity contribution in [2.45, 2.75) is 0 Å². The lowest BCUT2D eigenvalue weighted by molar-refractivity contribution is -0.130. The number of fused-ring (bicyclic) bond motifs is 1. The zero-order valence-electron chi connectivity index (χ0n) is 14.5. The van der Waals surface area contributed by atoms with Gasteiger partial charge in [-0.05, 0) is 29.2 Å². The van der Waals surface area contributed by atoms with Crippen LogP contribution in [0.2, 0.25) is 0 Å². The first-order valence-corrected chi connectivity index (χ1v) is 9.38. The fourth-order valence-corrected chi connectivity index (χ4v) is 3.57. The molecule has 1 amide bonds. The number of hydrogen-bond acceptors (Lipinski definition) is 4. The fourth-order valence-electron chi connectivity index (χ4n) is 2.93. The Labute approximate surface area is 164 Å². The van der Waals surface area contributed by atoms with Gasteiger partial charge >= 0.3 is 5.97 Å². The highest BCUT2D eigenvalue weighted by Gasteiger charge is 2.15. The van der Waals surface area contributed by atoms with Gasteiger partial charge < -0.3 is 15.4 Å². The SMILES string of the molecule is O=C(O)C(=Cc1c[nH]c2nccc(NC(=O)c3ccsc3)c12)c1ccccc1. The molecule has 0 aliphatic rings. The molecule has 3 N–H and O–H groups in total. The average Bonchev–Trinajstić information content (AvgIpc) is 3.37. The molecule has 0 aliphatic carbocycles. The van der Waals surface area contributed by atoms with Crippen molar-refractivity contribution in [2.75, 3.05) is 5.32 Å². The number of anilines is 1. The lowest BCUT2D eigenvalue weighted by Crippen LogP contribution is -2.11. The van der Waals surface area contributed by atoms with Crippen LogP contribution in [0.1, 0.15) is 21.5 Å². The number of aromatic amines is 1. The van der Waals surface area contributed by atoms with Crippen LogP contribution in [0.4, 0.5) is 5.69 Å². The number of amides is 1. The second kappa shape index (κ2) is 7.50. The van der Waals surface area contributed by atoms with Crippen LogP contribution in [0.5, 0.6) is 0 Å². The normalized spacial score (nSPS) is 11.5. The largest absolute Gasteiger partial charge is 0.478 e. The number of thiophene rings is 1. The van der Waals surface area contributed by atoms with Gasteiger partial charge in [-0.15, -0.1) is 0 Å². The molecular weight excluding hydrogens is 374 g/mol. The van der Waals surface area contributed by atoms with Crippen LogP contribution in [-0.2, 0) is 4.79 Å². The molecule has 138 valence electrons. The van der Waals surface area contributed by atoms with Crippen LogP contribution in [0.3, 0.4) is 0 Å². The van der Waals surface area contributed by atoms with Crippen molar-refractivity contribution >= 4 is 51.6 Å². The van der Waals surface area contributed by atoms with Crippen LogP contribution in [0.15, 0.2) is 65.6 Å². The molecular formula is C21H15N3O3S. The van der Waals surface area contributed by atoms with Crippen LogP contribution in [-0.4, -0.2) is 27.0 Å². The first-order chi connectivity index (χ1) is 13.6.